The minimum absolute atomic E-state index is 0.115. The molecular formula is C75H51N3. The predicted octanol–water partition coefficient (Wildman–Crippen LogP) is 20.1. The zero-order valence-corrected chi connectivity index (χ0v) is 42.5. The number of hydrogen-bond acceptors (Lipinski definition) is 2. The second kappa shape index (κ2) is 18.6. The van der Waals surface area contributed by atoms with E-state index >= 15 is 0 Å². The van der Waals surface area contributed by atoms with Crippen LogP contribution in [0.15, 0.2) is 309 Å². The first-order valence-electron chi connectivity index (χ1n) is 28.6. The van der Waals surface area contributed by atoms with Gasteiger partial charge in [0.15, 0.2) is 0 Å². The fourth-order valence-corrected chi connectivity index (χ4v) is 12.4. The van der Waals surface area contributed by atoms with Crippen molar-refractivity contribution in [1.29, 1.82) is 0 Å². The maximum absolute atomic E-state index is 9.79. The molecule has 0 unspecified atom stereocenters. The molecule has 0 radical (unpaired) electrons. The Bertz CT molecular complexity index is 4740. The Morgan fingerprint density at radius 3 is 1.54 bits per heavy atom. The van der Waals surface area contributed by atoms with Gasteiger partial charge >= 0.3 is 0 Å². The Morgan fingerprint density at radius 1 is 0.295 bits per heavy atom. The zero-order chi connectivity index (χ0) is 55.1. The third kappa shape index (κ3) is 7.35. The van der Waals surface area contributed by atoms with Gasteiger partial charge < -0.3 is 14.4 Å². The maximum atomic E-state index is 9.79. The third-order valence-electron chi connectivity index (χ3n) is 15.8. The number of aromatic nitrogens is 1. The smallest absolute Gasteiger partial charge is 0.0714 e. The van der Waals surface area contributed by atoms with Crippen LogP contribution in [-0.2, 0) is 5.41 Å². The van der Waals surface area contributed by atoms with Crippen LogP contribution >= 0.6 is 0 Å². The Hall–Kier alpha value is -10.2. The molecule has 0 bridgehead atoms. The van der Waals surface area contributed by atoms with Crippen LogP contribution < -0.4 is 9.80 Å². The number of para-hydroxylation sites is 3. The Balaban J connectivity index is 0.857. The summed E-state index contributed by atoms with van der Waals surface area (Å²) in [7, 11) is 0. The van der Waals surface area contributed by atoms with E-state index in [2.05, 4.69) is 216 Å². The molecule has 0 amide bonds. The van der Waals surface area contributed by atoms with Crippen molar-refractivity contribution < 1.29 is 5.48 Å². The van der Waals surface area contributed by atoms with Crippen LogP contribution in [0.4, 0.5) is 34.1 Å². The monoisotopic (exact) mass is 997 g/mol. The van der Waals surface area contributed by atoms with Gasteiger partial charge in [-0.25, -0.2) is 0 Å². The molecule has 1 aliphatic rings. The molecule has 78 heavy (non-hydrogen) atoms. The molecule has 3 nitrogen and oxygen atoms in total. The SMILES string of the molecule is [2H]c1c([2H])c(N(c2ccccc2)c2ccc3c4ccccc4n(-c4ccccc4)c3c2)c([2H])c([2H])c1-c1ccc2cc(N(c3ccc4c(c3)C(c3ccccc3)(c3ccccc3)c3ccccc3-4)c3ccc4ccccc4c3)ccc2c1. The van der Waals surface area contributed by atoms with Crippen molar-refractivity contribution >= 4 is 77.5 Å². The summed E-state index contributed by atoms with van der Waals surface area (Å²) in [4.78, 5) is 4.21. The summed E-state index contributed by atoms with van der Waals surface area (Å²) in [6.45, 7) is 0. The van der Waals surface area contributed by atoms with E-state index in [9.17, 15) is 5.48 Å². The van der Waals surface area contributed by atoms with E-state index in [1.54, 1.807) is 0 Å². The molecule has 1 heterocycles. The standard InChI is InChI=1S/C75H51N3/c1-5-21-58(22-6-1)75(59-23-7-2-8-24-59)71-31-17-15-29-67(71)68-45-43-65(50-72(68)75)77(63-41-37-52-19-13-14-20-54(52)48-63)64-42-38-56-47-55(33-34-57(56)49-64)53-35-39-62(40-36-53)76(60-25-9-3-10-26-60)66-44-46-70-69-30-16-18-32-73(69)78(74(70)51-66)61-27-11-4-12-28-61/h1-51H/i35D,36D,39D,40D. The highest BCUT2D eigenvalue weighted by molar-refractivity contribution is 6.10. The maximum Gasteiger partial charge on any atom is 0.0714 e. The molecule has 14 aromatic rings. The van der Waals surface area contributed by atoms with Crippen molar-refractivity contribution in [3.8, 4) is 27.9 Å². The molecule has 0 saturated heterocycles. The predicted molar refractivity (Wildman–Crippen MR) is 328 cm³/mol. The van der Waals surface area contributed by atoms with E-state index in [0.717, 1.165) is 66.1 Å². The average molecular weight is 998 g/mol. The van der Waals surface area contributed by atoms with Crippen molar-refractivity contribution in [2.45, 2.75) is 5.41 Å². The molecule has 0 spiro atoms. The summed E-state index contributed by atoms with van der Waals surface area (Å²) in [5.74, 6) is 0. The summed E-state index contributed by atoms with van der Waals surface area (Å²) in [6, 6.07) is 99.2. The van der Waals surface area contributed by atoms with Gasteiger partial charge in [0.2, 0.25) is 0 Å². The second-order valence-corrected chi connectivity index (χ2v) is 20.2. The lowest BCUT2D eigenvalue weighted by atomic mass is 9.67. The lowest BCUT2D eigenvalue weighted by molar-refractivity contribution is 0.768. The molecule has 0 N–H and O–H groups in total. The molecule has 3 heteroatoms. The summed E-state index contributed by atoms with van der Waals surface area (Å²) in [5, 5.41) is 6.35. The van der Waals surface area contributed by atoms with Gasteiger partial charge in [0.1, 0.15) is 0 Å². The van der Waals surface area contributed by atoms with Crippen LogP contribution in [0.1, 0.15) is 27.7 Å². The normalized spacial score (nSPS) is 13.2. The van der Waals surface area contributed by atoms with Crippen LogP contribution in [0.5, 0.6) is 0 Å². The van der Waals surface area contributed by atoms with Gasteiger partial charge in [-0.05, 0) is 163 Å². The third-order valence-corrected chi connectivity index (χ3v) is 15.8. The first kappa shape index (κ1) is 41.1. The van der Waals surface area contributed by atoms with E-state index in [0.29, 0.717) is 16.9 Å². The van der Waals surface area contributed by atoms with Crippen LogP contribution in [0.2, 0.25) is 0 Å². The van der Waals surface area contributed by atoms with Crippen molar-refractivity contribution in [2.24, 2.45) is 0 Å². The number of nitrogens with zero attached hydrogens (tertiary/aromatic N) is 3. The van der Waals surface area contributed by atoms with Crippen molar-refractivity contribution in [3.05, 3.63) is 332 Å². The van der Waals surface area contributed by atoms with E-state index in [1.165, 1.54) is 33.4 Å². The zero-order valence-electron chi connectivity index (χ0n) is 46.5. The molecule has 0 fully saturated rings. The van der Waals surface area contributed by atoms with Crippen LogP contribution in [0.25, 0.3) is 71.3 Å². The molecular weight excluding hydrogens is 943 g/mol. The number of benzene rings is 13. The van der Waals surface area contributed by atoms with Gasteiger partial charge in [0.05, 0.1) is 21.9 Å². The Kier molecular flexibility index (Phi) is 9.77. The van der Waals surface area contributed by atoms with Gasteiger partial charge in [-0.2, -0.15) is 0 Å². The highest BCUT2D eigenvalue weighted by Crippen LogP contribution is 2.57. The van der Waals surface area contributed by atoms with E-state index in [1.807, 2.05) is 83.8 Å². The Labute approximate surface area is 460 Å². The lowest BCUT2D eigenvalue weighted by Crippen LogP contribution is -2.28. The highest BCUT2D eigenvalue weighted by Gasteiger charge is 2.46. The van der Waals surface area contributed by atoms with Crippen LogP contribution in [0.3, 0.4) is 0 Å². The number of fused-ring (bicyclic) bond motifs is 8. The van der Waals surface area contributed by atoms with E-state index in [4.69, 9.17) is 0 Å². The van der Waals surface area contributed by atoms with Crippen LogP contribution in [0, 0.1) is 0 Å². The van der Waals surface area contributed by atoms with Gasteiger partial charge in [-0.15, -0.1) is 0 Å². The van der Waals surface area contributed by atoms with Gasteiger partial charge in [-0.1, -0.05) is 212 Å². The minimum Gasteiger partial charge on any atom is -0.310 e. The molecule has 0 aliphatic heterocycles. The van der Waals surface area contributed by atoms with Crippen molar-refractivity contribution in [3.63, 3.8) is 0 Å². The van der Waals surface area contributed by atoms with Gasteiger partial charge in [0.25, 0.3) is 0 Å². The van der Waals surface area contributed by atoms with E-state index in [-0.39, 0.29) is 35.4 Å². The first-order chi connectivity index (χ1) is 40.3. The molecule has 1 aliphatic carbocycles. The van der Waals surface area contributed by atoms with Crippen LogP contribution in [-0.4, -0.2) is 4.57 Å². The largest absolute Gasteiger partial charge is 0.310 e. The summed E-state index contributed by atoms with van der Waals surface area (Å²) >= 11 is 0. The van der Waals surface area contributed by atoms with Crippen molar-refractivity contribution in [1.82, 2.24) is 4.57 Å². The first-order valence-corrected chi connectivity index (χ1v) is 26.6. The Morgan fingerprint density at radius 2 is 0.795 bits per heavy atom. The van der Waals surface area contributed by atoms with Gasteiger partial charge in [-0.3, -0.25) is 0 Å². The summed E-state index contributed by atoms with van der Waals surface area (Å²) < 4.78 is 41.3. The number of hydrogen-bond donors (Lipinski definition) is 0. The quantitative estimate of drug-likeness (QED) is 0.135. The molecule has 0 saturated carbocycles. The second-order valence-electron chi connectivity index (χ2n) is 20.2. The number of anilines is 6. The van der Waals surface area contributed by atoms with Crippen molar-refractivity contribution in [2.75, 3.05) is 9.80 Å². The highest BCUT2D eigenvalue weighted by atomic mass is 15.1. The molecule has 13 aromatic carbocycles. The topological polar surface area (TPSA) is 11.4 Å². The van der Waals surface area contributed by atoms with E-state index < -0.39 is 5.41 Å². The fourth-order valence-electron chi connectivity index (χ4n) is 12.4. The lowest BCUT2D eigenvalue weighted by Gasteiger charge is -2.35. The molecule has 1 aromatic heterocycles. The molecule has 366 valence electrons. The molecule has 15 rings (SSSR count). The average Bonchev–Trinajstić information content (AvgIpc) is 4.19. The molecule has 0 atom stereocenters. The number of rotatable bonds is 10. The summed E-state index contributed by atoms with van der Waals surface area (Å²) in [6.07, 6.45) is 0. The van der Waals surface area contributed by atoms with Gasteiger partial charge in [0, 0.05) is 50.6 Å². The minimum atomic E-state index is -0.581. The fraction of sp³-hybridized carbons (Fsp3) is 0.0133. The summed E-state index contributed by atoms with van der Waals surface area (Å²) in [5.41, 5.74) is 15.2.